The van der Waals surface area contributed by atoms with Crippen molar-refractivity contribution in [3.8, 4) is 5.75 Å². The number of urea groups is 1. The van der Waals surface area contributed by atoms with Crippen molar-refractivity contribution in [1.29, 1.82) is 0 Å². The van der Waals surface area contributed by atoms with Crippen LogP contribution in [0.5, 0.6) is 5.75 Å². The van der Waals surface area contributed by atoms with Gasteiger partial charge in [0.2, 0.25) is 0 Å². The molecule has 0 radical (unpaired) electrons. The van der Waals surface area contributed by atoms with Crippen molar-refractivity contribution in [2.45, 2.75) is 6.61 Å². The van der Waals surface area contributed by atoms with Gasteiger partial charge < -0.3 is 10.1 Å². The molecule has 0 aliphatic carbocycles. The lowest BCUT2D eigenvalue weighted by Gasteiger charge is -2.12. The lowest BCUT2D eigenvalue weighted by molar-refractivity contribution is -0.113. The first-order chi connectivity index (χ1) is 16.9. The summed E-state index contributed by atoms with van der Waals surface area (Å²) in [6, 6.07) is 24.1. The molecule has 0 spiro atoms. The third kappa shape index (κ3) is 4.98. The van der Waals surface area contributed by atoms with E-state index >= 15 is 0 Å². The molecule has 1 heterocycles. The number of carbonyl (C=O) groups excluding carboxylic acids is 2. The minimum absolute atomic E-state index is 0.175. The molecule has 0 unspecified atom stereocenters. The number of benzene rings is 4. The second kappa shape index (κ2) is 9.85. The van der Waals surface area contributed by atoms with Crippen LogP contribution in [0.1, 0.15) is 11.1 Å². The van der Waals surface area contributed by atoms with Gasteiger partial charge >= 0.3 is 6.03 Å². The van der Waals surface area contributed by atoms with Crippen LogP contribution in [-0.2, 0) is 11.4 Å². The fourth-order valence-corrected chi connectivity index (χ4v) is 5.39. The number of fused-ring (bicyclic) bond motifs is 1. The quantitative estimate of drug-likeness (QED) is 0.186. The van der Waals surface area contributed by atoms with Crippen LogP contribution in [0.2, 0.25) is 5.02 Å². The van der Waals surface area contributed by atoms with Gasteiger partial charge in [0.25, 0.3) is 5.91 Å². The number of carbonyl (C=O) groups is 2. The highest BCUT2D eigenvalue weighted by atomic mass is 79.9. The number of rotatable bonds is 5. The van der Waals surface area contributed by atoms with Crippen molar-refractivity contribution in [2.75, 3.05) is 4.90 Å². The third-order valence-corrected chi connectivity index (χ3v) is 6.92. The van der Waals surface area contributed by atoms with Crippen LogP contribution in [0.3, 0.4) is 0 Å². The molecule has 1 aliphatic heterocycles. The van der Waals surface area contributed by atoms with E-state index in [4.69, 9.17) is 16.3 Å². The Morgan fingerprint density at radius 3 is 2.29 bits per heavy atom. The Balaban J connectivity index is 1.34. The fraction of sp³-hybridized carbons (Fsp3) is 0.0370. The molecule has 4 aromatic rings. The Morgan fingerprint density at radius 2 is 1.57 bits per heavy atom. The number of halogens is 3. The smallest absolute Gasteiger partial charge is 0.333 e. The largest absolute Gasteiger partial charge is 0.487 e. The summed E-state index contributed by atoms with van der Waals surface area (Å²) in [5.41, 5.74) is 2.38. The molecule has 0 aromatic heterocycles. The van der Waals surface area contributed by atoms with E-state index in [1.807, 2.05) is 30.3 Å². The first-order valence-electron chi connectivity index (χ1n) is 10.6. The zero-order valence-corrected chi connectivity index (χ0v) is 22.0. The van der Waals surface area contributed by atoms with E-state index in [2.05, 4.69) is 61.4 Å². The topological polar surface area (TPSA) is 58.6 Å². The molecule has 5 nitrogen and oxygen atoms in total. The number of nitrogens with zero attached hydrogens (tertiary/aromatic N) is 1. The highest BCUT2D eigenvalue weighted by Gasteiger charge is 2.34. The Hall–Kier alpha value is -3.13. The first-order valence-corrected chi connectivity index (χ1v) is 12.6. The molecular weight excluding hydrogens is 596 g/mol. The summed E-state index contributed by atoms with van der Waals surface area (Å²) in [5.74, 6) is 0.200. The van der Waals surface area contributed by atoms with E-state index < -0.39 is 11.9 Å². The van der Waals surface area contributed by atoms with Gasteiger partial charge in [-0.1, -0.05) is 48.0 Å². The molecule has 35 heavy (non-hydrogen) atoms. The molecule has 8 heteroatoms. The molecule has 1 saturated heterocycles. The average Bonchev–Trinajstić information content (AvgIpc) is 3.11. The number of imide groups is 1. The SMILES string of the molecule is O=C1N/C(=C/c2cc(Br)c(OCc3ccc4ccccc4c3)c(Br)c2)C(=O)N1c1ccc(Cl)cc1. The number of hydrogen-bond donors (Lipinski definition) is 1. The van der Waals surface area contributed by atoms with Crippen molar-refractivity contribution >= 4 is 77.9 Å². The Bertz CT molecular complexity index is 1480. The maximum atomic E-state index is 12.9. The molecule has 0 bridgehead atoms. The zero-order chi connectivity index (χ0) is 24.5. The summed E-state index contributed by atoms with van der Waals surface area (Å²) in [4.78, 5) is 26.4. The summed E-state index contributed by atoms with van der Waals surface area (Å²) in [6.45, 7) is 0.396. The van der Waals surface area contributed by atoms with Crippen LogP contribution in [0.25, 0.3) is 16.8 Å². The van der Waals surface area contributed by atoms with Crippen LogP contribution in [0, 0.1) is 0 Å². The van der Waals surface area contributed by atoms with E-state index in [1.165, 1.54) is 5.39 Å². The molecule has 5 rings (SSSR count). The van der Waals surface area contributed by atoms with Gasteiger partial charge in [-0.15, -0.1) is 0 Å². The number of anilines is 1. The van der Waals surface area contributed by atoms with Gasteiger partial charge in [0.1, 0.15) is 18.1 Å². The Labute approximate surface area is 223 Å². The highest BCUT2D eigenvalue weighted by molar-refractivity contribution is 9.11. The van der Waals surface area contributed by atoms with Gasteiger partial charge in [0.15, 0.2) is 0 Å². The minimum atomic E-state index is -0.517. The van der Waals surface area contributed by atoms with Crippen LogP contribution >= 0.6 is 43.5 Å². The van der Waals surface area contributed by atoms with E-state index in [9.17, 15) is 9.59 Å². The standard InChI is InChI=1S/C27H17Br2ClN2O3/c28-22-12-17(14-24-26(33)32(27(34)31-24)21-9-7-20(30)8-10-21)13-23(29)25(22)35-15-16-5-6-18-3-1-2-4-19(18)11-16/h1-14H,15H2,(H,31,34)/b24-14+. The molecule has 1 aliphatic rings. The lowest BCUT2D eigenvalue weighted by atomic mass is 10.1. The van der Waals surface area contributed by atoms with Gasteiger partial charge in [-0.3, -0.25) is 4.79 Å². The van der Waals surface area contributed by atoms with Crippen molar-refractivity contribution in [1.82, 2.24) is 5.32 Å². The molecule has 4 aromatic carbocycles. The fourth-order valence-electron chi connectivity index (χ4n) is 3.81. The van der Waals surface area contributed by atoms with Crippen molar-refractivity contribution in [2.24, 2.45) is 0 Å². The number of ether oxygens (including phenoxy) is 1. The van der Waals surface area contributed by atoms with Gasteiger partial charge in [-0.05, 0) is 102 Å². The van der Waals surface area contributed by atoms with E-state index in [-0.39, 0.29) is 5.70 Å². The number of nitrogens with one attached hydrogen (secondary N) is 1. The van der Waals surface area contributed by atoms with E-state index in [1.54, 1.807) is 30.3 Å². The number of hydrogen-bond acceptors (Lipinski definition) is 3. The maximum absolute atomic E-state index is 12.9. The van der Waals surface area contributed by atoms with Gasteiger partial charge in [-0.25, -0.2) is 9.69 Å². The van der Waals surface area contributed by atoms with Crippen molar-refractivity contribution in [3.63, 3.8) is 0 Å². The van der Waals surface area contributed by atoms with Crippen LogP contribution in [-0.4, -0.2) is 11.9 Å². The molecule has 3 amide bonds. The zero-order valence-electron chi connectivity index (χ0n) is 18.1. The van der Waals surface area contributed by atoms with Crippen molar-refractivity contribution in [3.05, 3.63) is 110 Å². The predicted octanol–water partition coefficient (Wildman–Crippen LogP) is 7.69. The molecule has 1 N–H and O–H groups in total. The summed E-state index contributed by atoms with van der Waals surface area (Å²) in [7, 11) is 0. The molecule has 1 fully saturated rings. The van der Waals surface area contributed by atoms with Crippen LogP contribution < -0.4 is 15.0 Å². The van der Waals surface area contributed by atoms with Gasteiger partial charge in [0, 0.05) is 5.02 Å². The Morgan fingerprint density at radius 1 is 0.886 bits per heavy atom. The highest BCUT2D eigenvalue weighted by Crippen LogP contribution is 2.36. The molecule has 0 atom stereocenters. The second-order valence-electron chi connectivity index (χ2n) is 7.89. The summed E-state index contributed by atoms with van der Waals surface area (Å²) in [5, 5.41) is 5.49. The molecule has 174 valence electrons. The lowest BCUT2D eigenvalue weighted by Crippen LogP contribution is -2.30. The molecular formula is C27H17Br2ClN2O3. The van der Waals surface area contributed by atoms with Crippen molar-refractivity contribution < 1.29 is 14.3 Å². The third-order valence-electron chi connectivity index (χ3n) is 5.49. The van der Waals surface area contributed by atoms with Crippen LogP contribution in [0.15, 0.2) is 93.5 Å². The van der Waals surface area contributed by atoms with Gasteiger partial charge in [-0.2, -0.15) is 0 Å². The van der Waals surface area contributed by atoms with E-state index in [0.29, 0.717) is 37.6 Å². The second-order valence-corrected chi connectivity index (χ2v) is 10.0. The predicted molar refractivity (Wildman–Crippen MR) is 146 cm³/mol. The monoisotopic (exact) mass is 610 g/mol. The Kier molecular flexibility index (Phi) is 6.65. The normalized spacial score (nSPS) is 14.6. The summed E-state index contributed by atoms with van der Waals surface area (Å²) < 4.78 is 7.51. The minimum Gasteiger partial charge on any atom is -0.487 e. The summed E-state index contributed by atoms with van der Waals surface area (Å²) >= 11 is 13.0. The maximum Gasteiger partial charge on any atom is 0.333 e. The molecule has 0 saturated carbocycles. The average molecular weight is 613 g/mol. The first kappa shape index (κ1) is 23.6. The van der Waals surface area contributed by atoms with Crippen LogP contribution in [0.4, 0.5) is 10.5 Å². The van der Waals surface area contributed by atoms with E-state index in [0.717, 1.165) is 15.8 Å². The van der Waals surface area contributed by atoms with Gasteiger partial charge in [0.05, 0.1) is 14.6 Å². The summed E-state index contributed by atoms with van der Waals surface area (Å²) in [6.07, 6.45) is 1.62. The number of amides is 3.